The highest BCUT2D eigenvalue weighted by Crippen LogP contribution is 2.36. The topological polar surface area (TPSA) is 289 Å². The van der Waals surface area contributed by atoms with Crippen LogP contribution in [0.3, 0.4) is 0 Å². The van der Waals surface area contributed by atoms with Crippen LogP contribution >= 0.6 is 0 Å². The Morgan fingerprint density at radius 1 is 0.315 bits per heavy atom. The molecule has 7 rings (SSSR count). The second-order valence-corrected chi connectivity index (χ2v) is 44.4. The molecule has 0 aromatic heterocycles. The van der Waals surface area contributed by atoms with E-state index in [2.05, 4.69) is 223 Å². The van der Waals surface area contributed by atoms with Crippen molar-refractivity contribution in [3.8, 4) is 0 Å². The molecule has 4 aliphatic heterocycles. The Hall–Kier alpha value is -7.17. The van der Waals surface area contributed by atoms with E-state index in [1.807, 2.05) is 76.2 Å². The van der Waals surface area contributed by atoms with Crippen LogP contribution in [-0.4, -0.2) is 241 Å². The van der Waals surface area contributed by atoms with Crippen LogP contribution in [-0.2, 0) is 141 Å². The molecular weight excluding hydrogens is 1910 g/mol. The summed E-state index contributed by atoms with van der Waals surface area (Å²) in [5.74, 6) is -4.57. The summed E-state index contributed by atoms with van der Waals surface area (Å²) in [5.41, 5.74) is 6.73. The standard InChI is InChI=1S/3C18H32N.C16H24O8.C12H20O4.C11H24NO2.2C10H16O4.4ClH/c3*1-7-18(5,6)17-13-11-16(12-14-17)15-19(8-2,9-3)10-4;1-4-16(2,3)15(20)23-10-9-21-12(17)5-6-13(18)24-11-7-8-22-14(11)19;1-6-11(2,3)10(14)16-8-9(13)15-7-12(8,4)5;1-7-11(2,3)10(13)14-9-8-12(4,5)6;2*1-4-10(2,3)9(12)14-7-5-6-13-8(7)11;;;;/h3*11-14H,7-10,15H2,1-6H3;11H,4-10H2,1-3H3;8H,6-7H2,1-5H3;7-9H2,1-6H3;2*7H,4-6H2,1-3H3;4*1H/q3*+1;;;+1;;;;;;/p-4. The number of carbonyl (C=O) groups is 11. The average molecular weight is 2100 g/mol. The number of likely N-dealkylation sites (N-methyl/N-ethyl adjacent to an activating group) is 1. The van der Waals surface area contributed by atoms with Crippen LogP contribution in [0, 0.1) is 32.5 Å². The molecule has 0 spiro atoms. The van der Waals surface area contributed by atoms with Crippen molar-refractivity contribution < 1.29 is 172 Å². The van der Waals surface area contributed by atoms with Crippen LogP contribution in [0.5, 0.6) is 0 Å². The zero-order valence-electron chi connectivity index (χ0n) is 95.9. The van der Waals surface area contributed by atoms with E-state index in [0.717, 1.165) is 37.1 Å². The van der Waals surface area contributed by atoms with Gasteiger partial charge in [0.15, 0.2) is 0 Å². The number of ether oxygens (including phenoxy) is 11. The third-order valence-corrected chi connectivity index (χ3v) is 29.9. The van der Waals surface area contributed by atoms with E-state index in [1.54, 1.807) is 41.5 Å². The van der Waals surface area contributed by atoms with Gasteiger partial charge in [0.25, 0.3) is 0 Å². The van der Waals surface area contributed by atoms with Gasteiger partial charge in [0.1, 0.15) is 52.6 Å². The fourth-order valence-electron chi connectivity index (χ4n) is 13.8. The molecular formula is C113H196Cl4N4O22. The van der Waals surface area contributed by atoms with Gasteiger partial charge >= 0.3 is 65.7 Å². The van der Waals surface area contributed by atoms with Gasteiger partial charge in [-0.05, 0) is 216 Å². The Morgan fingerprint density at radius 2 is 0.559 bits per heavy atom. The van der Waals surface area contributed by atoms with Gasteiger partial charge < -0.3 is 120 Å². The smallest absolute Gasteiger partial charge is 0.348 e. The third-order valence-electron chi connectivity index (χ3n) is 29.9. The summed E-state index contributed by atoms with van der Waals surface area (Å²) in [4.78, 5) is 126. The number of benzene rings is 3. The molecule has 0 bridgehead atoms. The van der Waals surface area contributed by atoms with Crippen molar-refractivity contribution >= 4 is 65.7 Å². The largest absolute Gasteiger partial charge is 1.00 e. The first-order valence-electron chi connectivity index (χ1n) is 52.0. The summed E-state index contributed by atoms with van der Waals surface area (Å²) in [5, 5.41) is 0. The summed E-state index contributed by atoms with van der Waals surface area (Å²) in [6, 6.07) is 28.0. The van der Waals surface area contributed by atoms with E-state index >= 15 is 0 Å². The van der Waals surface area contributed by atoms with Gasteiger partial charge in [-0.1, -0.05) is 184 Å². The van der Waals surface area contributed by atoms with Crippen molar-refractivity contribution in [3.05, 3.63) is 106 Å². The SMILES string of the molecule is CCC(C)(C)C(=O)OC1C(=O)OCC1(C)C.CCC(C)(C)C(=O)OC1CCOC1=O.CCC(C)(C)C(=O)OC1CCOC1=O.CCC(C)(C)C(=O)OCCOC(=O)CCC(=O)OC1CCOC1=O.CCC(C)(C)C(=O)OCC[N+](C)(C)C.CCC(C)(C)c1ccc(C[N+](CC)(CC)CC)cc1.CCC(C)(C)c1ccc(C[N+](CC)(CC)CC)cc1.CCC(C)(C)c1ccc(C[N+](CC)(CC)CC)cc1.[Cl-].[Cl-].[Cl-].[Cl-]. The van der Waals surface area contributed by atoms with E-state index in [0.29, 0.717) is 87.6 Å². The number of rotatable bonds is 44. The van der Waals surface area contributed by atoms with Crippen LogP contribution in [0.4, 0.5) is 0 Å². The second-order valence-electron chi connectivity index (χ2n) is 44.4. The zero-order valence-corrected chi connectivity index (χ0v) is 98.9. The van der Waals surface area contributed by atoms with Crippen molar-refractivity contribution in [2.24, 2.45) is 32.5 Å². The van der Waals surface area contributed by atoms with Crippen molar-refractivity contribution in [3.63, 3.8) is 0 Å². The van der Waals surface area contributed by atoms with Gasteiger partial charge in [0.05, 0.1) is 140 Å². The molecule has 0 N–H and O–H groups in total. The highest BCUT2D eigenvalue weighted by atomic mass is 35.5. The first-order valence-corrected chi connectivity index (χ1v) is 52.0. The predicted molar refractivity (Wildman–Crippen MR) is 552 cm³/mol. The third kappa shape index (κ3) is 50.1. The molecule has 4 saturated heterocycles. The van der Waals surface area contributed by atoms with Crippen molar-refractivity contribution in [1.29, 1.82) is 0 Å². The van der Waals surface area contributed by atoms with Crippen LogP contribution in [0.1, 0.15) is 359 Å². The zero-order chi connectivity index (χ0) is 107. The Labute approximate surface area is 890 Å². The van der Waals surface area contributed by atoms with Crippen molar-refractivity contribution in [2.75, 3.05) is 133 Å². The predicted octanol–water partition coefficient (Wildman–Crippen LogP) is 9.57. The lowest BCUT2D eigenvalue weighted by Gasteiger charge is -2.36. The molecule has 4 aliphatic rings. The fraction of sp³-hybridized carbons (Fsp3) is 0.743. The Kier molecular flexibility index (Phi) is 67.6. The monoisotopic (exact) mass is 2100 g/mol. The highest BCUT2D eigenvalue weighted by Gasteiger charge is 2.48. The Bertz CT molecular complexity index is 3940. The van der Waals surface area contributed by atoms with Crippen LogP contribution in [0.25, 0.3) is 0 Å². The Balaban J connectivity index is -0.000000508. The minimum atomic E-state index is -0.880. The molecule has 4 atom stereocenters. The average Bonchev–Trinajstić information content (AvgIpc) is 1.67. The fourth-order valence-corrected chi connectivity index (χ4v) is 13.8. The summed E-state index contributed by atoms with van der Waals surface area (Å²) in [6.45, 7) is 90.0. The highest BCUT2D eigenvalue weighted by molar-refractivity contribution is 5.85. The number of quaternary nitrogens is 4. The first kappa shape index (κ1) is 144. The van der Waals surface area contributed by atoms with Gasteiger partial charge in [0, 0.05) is 41.4 Å². The number of nitrogens with zero attached hydrogens (tertiary/aromatic N) is 4. The maximum Gasteiger partial charge on any atom is 0.348 e. The molecule has 3 aromatic carbocycles. The minimum absolute atomic E-state index is 0. The van der Waals surface area contributed by atoms with Gasteiger partial charge in [0.2, 0.25) is 24.4 Å². The minimum Gasteiger partial charge on any atom is -1.00 e. The molecule has 0 saturated carbocycles. The normalized spacial score (nSPS) is 16.2. The maximum atomic E-state index is 11.9. The van der Waals surface area contributed by atoms with E-state index < -0.39 is 87.3 Å². The van der Waals surface area contributed by atoms with Gasteiger partial charge in [-0.25, -0.2) is 19.2 Å². The second kappa shape index (κ2) is 67.0. The molecule has 3 aromatic rings. The van der Waals surface area contributed by atoms with E-state index in [4.69, 9.17) is 47.4 Å². The molecule has 0 amide bonds. The summed E-state index contributed by atoms with van der Waals surface area (Å²) >= 11 is 0. The van der Waals surface area contributed by atoms with Crippen molar-refractivity contribution in [2.45, 2.75) is 386 Å². The van der Waals surface area contributed by atoms with Gasteiger partial charge in [-0.3, -0.25) is 33.6 Å². The lowest BCUT2D eigenvalue weighted by Crippen LogP contribution is -3.00. The molecule has 4 fully saturated rings. The molecule has 143 heavy (non-hydrogen) atoms. The van der Waals surface area contributed by atoms with Gasteiger partial charge in [-0.2, -0.15) is 0 Å². The molecule has 26 nitrogen and oxygen atoms in total. The summed E-state index contributed by atoms with van der Waals surface area (Å²) in [7, 11) is 6.25. The van der Waals surface area contributed by atoms with E-state index in [-0.39, 0.29) is 118 Å². The molecule has 4 heterocycles. The maximum absolute atomic E-state index is 11.9. The van der Waals surface area contributed by atoms with E-state index in [1.165, 1.54) is 125 Å². The molecule has 828 valence electrons. The van der Waals surface area contributed by atoms with E-state index in [9.17, 15) is 52.7 Å². The van der Waals surface area contributed by atoms with Crippen LogP contribution < -0.4 is 49.6 Å². The number of carbonyl (C=O) groups excluding carboxylic acids is 11. The lowest BCUT2D eigenvalue weighted by molar-refractivity contribution is -0.936. The van der Waals surface area contributed by atoms with Crippen molar-refractivity contribution in [1.82, 2.24) is 0 Å². The molecule has 0 aliphatic carbocycles. The number of cyclic esters (lactones) is 4. The van der Waals surface area contributed by atoms with Gasteiger partial charge in [-0.15, -0.1) is 0 Å². The summed E-state index contributed by atoms with van der Waals surface area (Å²) in [6.07, 6.45) is 4.96. The number of halogens is 4. The lowest BCUT2D eigenvalue weighted by atomic mass is 9.82. The van der Waals surface area contributed by atoms with Crippen LogP contribution in [0.15, 0.2) is 72.8 Å². The Morgan fingerprint density at radius 3 is 0.790 bits per heavy atom. The summed E-state index contributed by atoms with van der Waals surface area (Å²) < 4.78 is 58.8. The molecule has 0 radical (unpaired) electrons. The number of hydrogen-bond donors (Lipinski definition) is 0. The first-order chi connectivity index (χ1) is 64.4. The van der Waals surface area contributed by atoms with Crippen LogP contribution in [0.2, 0.25) is 0 Å². The quantitative estimate of drug-likeness (QED) is 0.0220. The molecule has 4 unspecified atom stereocenters. The number of hydrogen-bond acceptors (Lipinski definition) is 22. The number of esters is 11. The molecule has 30 heteroatoms.